The largest absolute Gasteiger partial charge is 0.493 e. The van der Waals surface area contributed by atoms with E-state index < -0.39 is 12.1 Å². The Hall–Kier alpha value is -2.97. The van der Waals surface area contributed by atoms with Crippen LogP contribution in [0.4, 0.5) is 0 Å². The normalized spacial score (nSPS) is 13.3. The highest BCUT2D eigenvalue weighted by Crippen LogP contribution is 2.32. The maximum Gasteiger partial charge on any atom is 0.335 e. The fourth-order valence-corrected chi connectivity index (χ4v) is 2.60. The maximum atomic E-state index is 11.0. The molecule has 27 heavy (non-hydrogen) atoms. The Morgan fingerprint density at radius 1 is 1.19 bits per heavy atom. The lowest BCUT2D eigenvalue weighted by Gasteiger charge is -2.15. The van der Waals surface area contributed by atoms with E-state index in [0.29, 0.717) is 24.6 Å². The van der Waals surface area contributed by atoms with Gasteiger partial charge < -0.3 is 34.5 Å². The molecule has 8 nitrogen and oxygen atoms in total. The van der Waals surface area contributed by atoms with Crippen molar-refractivity contribution in [1.29, 1.82) is 0 Å². The van der Waals surface area contributed by atoms with Crippen LogP contribution in [0.5, 0.6) is 23.0 Å². The van der Waals surface area contributed by atoms with Gasteiger partial charge in [-0.1, -0.05) is 6.07 Å². The molecule has 1 heterocycles. The van der Waals surface area contributed by atoms with E-state index in [-0.39, 0.29) is 19.0 Å². The summed E-state index contributed by atoms with van der Waals surface area (Å²) >= 11 is 0. The maximum absolute atomic E-state index is 11.0. The minimum absolute atomic E-state index is 0.0386. The van der Waals surface area contributed by atoms with Gasteiger partial charge in [0.2, 0.25) is 6.79 Å². The number of rotatable bonds is 9. The summed E-state index contributed by atoms with van der Waals surface area (Å²) in [7, 11) is 1.43. The van der Waals surface area contributed by atoms with E-state index in [2.05, 4.69) is 5.32 Å². The van der Waals surface area contributed by atoms with Crippen LogP contribution in [-0.2, 0) is 6.54 Å². The standard InChI is InChI=1S/C19H21NO7/c1-24-17-7-13(19(22)23)3-5-15(17)25-10-14(21)9-20-8-12-2-4-16-18(6-12)27-11-26-16/h2-7,14,20-21H,8-11H2,1H3,(H,22,23)/t14-/m0/s1. The number of aromatic carboxylic acids is 1. The molecule has 0 aliphatic carbocycles. The predicted octanol–water partition coefficient (Wildman–Crippen LogP) is 1.65. The molecule has 0 unspecified atom stereocenters. The Morgan fingerprint density at radius 2 is 2.00 bits per heavy atom. The fourth-order valence-electron chi connectivity index (χ4n) is 2.60. The van der Waals surface area contributed by atoms with Crippen LogP contribution < -0.4 is 24.3 Å². The van der Waals surface area contributed by atoms with Gasteiger partial charge in [0, 0.05) is 13.1 Å². The molecule has 0 fully saturated rings. The summed E-state index contributed by atoms with van der Waals surface area (Å²) in [5.41, 5.74) is 1.11. The number of carboxylic acids is 1. The first-order valence-electron chi connectivity index (χ1n) is 8.38. The van der Waals surface area contributed by atoms with Gasteiger partial charge in [0.25, 0.3) is 0 Å². The first-order chi connectivity index (χ1) is 13.1. The highest BCUT2D eigenvalue weighted by atomic mass is 16.7. The van der Waals surface area contributed by atoms with E-state index in [1.165, 1.54) is 25.3 Å². The molecule has 144 valence electrons. The number of benzene rings is 2. The van der Waals surface area contributed by atoms with Crippen LogP contribution in [0.25, 0.3) is 0 Å². The van der Waals surface area contributed by atoms with Gasteiger partial charge >= 0.3 is 5.97 Å². The predicted molar refractivity (Wildman–Crippen MR) is 95.7 cm³/mol. The molecule has 1 atom stereocenters. The molecule has 0 saturated carbocycles. The molecule has 1 aliphatic heterocycles. The van der Waals surface area contributed by atoms with Crippen molar-refractivity contribution in [2.45, 2.75) is 12.6 Å². The summed E-state index contributed by atoms with van der Waals surface area (Å²) in [5, 5.41) is 22.2. The molecule has 0 aromatic heterocycles. The minimum Gasteiger partial charge on any atom is -0.493 e. The highest BCUT2D eigenvalue weighted by molar-refractivity contribution is 5.88. The Morgan fingerprint density at radius 3 is 2.78 bits per heavy atom. The Bertz CT molecular complexity index is 809. The van der Waals surface area contributed by atoms with E-state index in [9.17, 15) is 9.90 Å². The number of hydrogen-bond acceptors (Lipinski definition) is 7. The highest BCUT2D eigenvalue weighted by Gasteiger charge is 2.14. The number of aliphatic hydroxyl groups is 1. The van der Waals surface area contributed by atoms with E-state index in [1.54, 1.807) is 0 Å². The van der Waals surface area contributed by atoms with Crippen molar-refractivity contribution in [3.05, 3.63) is 47.5 Å². The van der Waals surface area contributed by atoms with Crippen molar-refractivity contribution >= 4 is 5.97 Å². The van der Waals surface area contributed by atoms with Crippen molar-refractivity contribution in [2.75, 3.05) is 27.1 Å². The smallest absolute Gasteiger partial charge is 0.335 e. The number of carboxylic acid groups (broad SMARTS) is 1. The van der Waals surface area contributed by atoms with Gasteiger partial charge in [-0.2, -0.15) is 0 Å². The monoisotopic (exact) mass is 375 g/mol. The summed E-state index contributed by atoms with van der Waals surface area (Å²) in [6, 6.07) is 9.98. The lowest BCUT2D eigenvalue weighted by atomic mass is 10.2. The SMILES string of the molecule is COc1cc(C(=O)O)ccc1OC[C@@H](O)CNCc1ccc2c(c1)OCO2. The average molecular weight is 375 g/mol. The summed E-state index contributed by atoms with van der Waals surface area (Å²) < 4.78 is 21.3. The second kappa shape index (κ2) is 8.61. The first kappa shape index (κ1) is 18.8. The number of methoxy groups -OCH3 is 1. The van der Waals surface area contributed by atoms with Crippen LogP contribution in [0.3, 0.4) is 0 Å². The Kier molecular flexibility index (Phi) is 6.00. The third-order valence-corrected chi connectivity index (χ3v) is 3.99. The zero-order valence-corrected chi connectivity index (χ0v) is 14.8. The number of fused-ring (bicyclic) bond motifs is 1. The second-order valence-corrected chi connectivity index (χ2v) is 5.95. The van der Waals surface area contributed by atoms with E-state index in [1.807, 2.05) is 18.2 Å². The van der Waals surface area contributed by atoms with E-state index in [4.69, 9.17) is 24.1 Å². The molecular formula is C19H21NO7. The topological polar surface area (TPSA) is 106 Å². The molecule has 0 amide bonds. The quantitative estimate of drug-likeness (QED) is 0.607. The van der Waals surface area contributed by atoms with Gasteiger partial charge in [-0.3, -0.25) is 0 Å². The fraction of sp³-hybridized carbons (Fsp3) is 0.316. The summed E-state index contributed by atoms with van der Waals surface area (Å²) in [6.45, 7) is 1.16. The lowest BCUT2D eigenvalue weighted by molar-refractivity contribution is 0.0696. The molecule has 8 heteroatoms. The molecule has 3 rings (SSSR count). The zero-order chi connectivity index (χ0) is 19.2. The third-order valence-electron chi connectivity index (χ3n) is 3.99. The Balaban J connectivity index is 1.46. The van der Waals surface area contributed by atoms with Crippen LogP contribution in [0.1, 0.15) is 15.9 Å². The van der Waals surface area contributed by atoms with Gasteiger partial charge in [-0.25, -0.2) is 4.79 Å². The van der Waals surface area contributed by atoms with Crippen molar-refractivity contribution < 1.29 is 34.0 Å². The van der Waals surface area contributed by atoms with Crippen LogP contribution >= 0.6 is 0 Å². The molecule has 2 aromatic carbocycles. The molecule has 3 N–H and O–H groups in total. The van der Waals surface area contributed by atoms with Gasteiger partial charge in [0.15, 0.2) is 23.0 Å². The van der Waals surface area contributed by atoms with E-state index >= 15 is 0 Å². The van der Waals surface area contributed by atoms with Crippen molar-refractivity contribution in [3.8, 4) is 23.0 Å². The van der Waals surface area contributed by atoms with Gasteiger partial charge in [-0.05, 0) is 35.9 Å². The lowest BCUT2D eigenvalue weighted by Crippen LogP contribution is -2.31. The van der Waals surface area contributed by atoms with Crippen molar-refractivity contribution in [1.82, 2.24) is 5.32 Å². The molecule has 2 aromatic rings. The first-order valence-corrected chi connectivity index (χ1v) is 8.38. The Labute approximate surface area is 156 Å². The second-order valence-electron chi connectivity index (χ2n) is 5.95. The minimum atomic E-state index is -1.05. The number of aliphatic hydroxyl groups excluding tert-OH is 1. The summed E-state index contributed by atoms with van der Waals surface area (Å²) in [4.78, 5) is 11.0. The number of nitrogens with one attached hydrogen (secondary N) is 1. The van der Waals surface area contributed by atoms with Crippen LogP contribution in [-0.4, -0.2) is 49.3 Å². The molecule has 0 bridgehead atoms. The molecule has 0 spiro atoms. The number of carbonyl (C=O) groups is 1. The number of hydrogen-bond donors (Lipinski definition) is 3. The van der Waals surface area contributed by atoms with Crippen LogP contribution in [0.15, 0.2) is 36.4 Å². The number of ether oxygens (including phenoxy) is 4. The average Bonchev–Trinajstić information content (AvgIpc) is 3.14. The van der Waals surface area contributed by atoms with Crippen LogP contribution in [0, 0.1) is 0 Å². The van der Waals surface area contributed by atoms with E-state index in [0.717, 1.165) is 17.1 Å². The zero-order valence-electron chi connectivity index (χ0n) is 14.8. The van der Waals surface area contributed by atoms with Gasteiger partial charge in [0.1, 0.15) is 12.7 Å². The van der Waals surface area contributed by atoms with Gasteiger partial charge in [0.05, 0.1) is 12.7 Å². The van der Waals surface area contributed by atoms with Crippen molar-refractivity contribution in [3.63, 3.8) is 0 Å². The molecule has 0 saturated heterocycles. The summed E-state index contributed by atoms with van der Waals surface area (Å²) in [6.07, 6.45) is -0.747. The van der Waals surface area contributed by atoms with Crippen LogP contribution in [0.2, 0.25) is 0 Å². The molecule has 0 radical (unpaired) electrons. The summed E-state index contributed by atoms with van der Waals surface area (Å²) in [5.74, 6) is 1.07. The van der Waals surface area contributed by atoms with Crippen molar-refractivity contribution in [2.24, 2.45) is 0 Å². The molecule has 1 aliphatic rings. The van der Waals surface area contributed by atoms with Gasteiger partial charge in [-0.15, -0.1) is 0 Å². The third kappa shape index (κ3) is 4.81. The molecular weight excluding hydrogens is 354 g/mol.